The predicted molar refractivity (Wildman–Crippen MR) is 56.3 cm³/mol. The number of hydrogen-bond donors (Lipinski definition) is 1. The first-order valence-corrected chi connectivity index (χ1v) is 4.80. The number of nitrogens with zero attached hydrogens (tertiary/aromatic N) is 1. The fourth-order valence-electron chi connectivity index (χ4n) is 1.31. The van der Waals surface area contributed by atoms with E-state index in [9.17, 15) is 4.79 Å². The van der Waals surface area contributed by atoms with Gasteiger partial charge in [-0.15, -0.1) is 0 Å². The Balaban J connectivity index is 3.03. The number of rotatable bonds is 4. The van der Waals surface area contributed by atoms with Gasteiger partial charge in [0.1, 0.15) is 5.75 Å². The van der Waals surface area contributed by atoms with Gasteiger partial charge in [0, 0.05) is 6.20 Å². The molecule has 0 aliphatic rings. The molecule has 4 heteroatoms. The molecule has 0 saturated heterocycles. The monoisotopic (exact) mass is 209 g/mol. The molecule has 0 unspecified atom stereocenters. The largest absolute Gasteiger partial charge is 0.495 e. The number of aromatic carboxylic acids is 1. The van der Waals surface area contributed by atoms with Crippen LogP contribution in [-0.4, -0.2) is 23.2 Å². The molecule has 0 spiro atoms. The van der Waals surface area contributed by atoms with Crippen molar-refractivity contribution in [2.45, 2.75) is 20.3 Å². The first-order valence-electron chi connectivity index (χ1n) is 4.80. The van der Waals surface area contributed by atoms with E-state index in [1.54, 1.807) is 0 Å². The van der Waals surface area contributed by atoms with Crippen molar-refractivity contribution in [3.63, 3.8) is 0 Å². The minimum Gasteiger partial charge on any atom is -0.495 e. The molecule has 0 fully saturated rings. The summed E-state index contributed by atoms with van der Waals surface area (Å²) in [6.07, 6.45) is 2.14. The van der Waals surface area contributed by atoms with Crippen LogP contribution in [0.2, 0.25) is 0 Å². The molecule has 1 N–H and O–H groups in total. The van der Waals surface area contributed by atoms with E-state index in [0.29, 0.717) is 11.7 Å². The second-order valence-corrected chi connectivity index (χ2v) is 3.78. The quantitative estimate of drug-likeness (QED) is 0.823. The minimum atomic E-state index is -0.989. The number of hydrogen-bond acceptors (Lipinski definition) is 3. The average Bonchev–Trinajstić information content (AvgIpc) is 2.17. The summed E-state index contributed by atoms with van der Waals surface area (Å²) < 4.78 is 5.11. The lowest BCUT2D eigenvalue weighted by atomic mass is 10.1. The van der Waals surface area contributed by atoms with E-state index < -0.39 is 5.97 Å². The van der Waals surface area contributed by atoms with Crippen LogP contribution in [-0.2, 0) is 6.42 Å². The van der Waals surface area contributed by atoms with Gasteiger partial charge >= 0.3 is 5.97 Å². The standard InChI is InChI=1S/C11H15NO3/c1-7(2)4-9-10(15-3)5-8(6-12-9)11(13)14/h5-7H,4H2,1-3H3,(H,13,14). The number of pyridine rings is 1. The summed E-state index contributed by atoms with van der Waals surface area (Å²) in [4.78, 5) is 14.8. The molecule has 1 rings (SSSR count). The number of methoxy groups -OCH3 is 1. The molecule has 0 radical (unpaired) electrons. The van der Waals surface area contributed by atoms with Gasteiger partial charge < -0.3 is 9.84 Å². The van der Waals surface area contributed by atoms with Crippen LogP contribution < -0.4 is 4.74 Å². The summed E-state index contributed by atoms with van der Waals surface area (Å²) in [6.45, 7) is 4.15. The van der Waals surface area contributed by atoms with Crippen molar-refractivity contribution >= 4 is 5.97 Å². The average molecular weight is 209 g/mol. The van der Waals surface area contributed by atoms with Crippen molar-refractivity contribution in [1.29, 1.82) is 0 Å². The second-order valence-electron chi connectivity index (χ2n) is 3.78. The van der Waals surface area contributed by atoms with Crippen molar-refractivity contribution in [2.75, 3.05) is 7.11 Å². The molecule has 82 valence electrons. The van der Waals surface area contributed by atoms with Crippen LogP contribution in [0, 0.1) is 5.92 Å². The van der Waals surface area contributed by atoms with E-state index in [0.717, 1.165) is 12.1 Å². The lowest BCUT2D eigenvalue weighted by Crippen LogP contribution is -2.04. The second kappa shape index (κ2) is 4.77. The molecule has 0 aliphatic carbocycles. The lowest BCUT2D eigenvalue weighted by molar-refractivity contribution is 0.0696. The fraction of sp³-hybridized carbons (Fsp3) is 0.455. The first kappa shape index (κ1) is 11.5. The molecule has 0 atom stereocenters. The summed E-state index contributed by atoms with van der Waals surface area (Å²) in [5.41, 5.74) is 0.955. The number of aromatic nitrogens is 1. The number of carboxylic acid groups (broad SMARTS) is 1. The van der Waals surface area contributed by atoms with Crippen molar-refractivity contribution in [3.05, 3.63) is 23.5 Å². The maximum absolute atomic E-state index is 10.7. The minimum absolute atomic E-state index is 0.152. The first-order chi connectivity index (χ1) is 7.04. The van der Waals surface area contributed by atoms with Gasteiger partial charge in [-0.25, -0.2) is 4.79 Å². The molecule has 4 nitrogen and oxygen atoms in total. The van der Waals surface area contributed by atoms with E-state index in [4.69, 9.17) is 9.84 Å². The van der Waals surface area contributed by atoms with Gasteiger partial charge in [-0.05, 0) is 18.4 Å². The Kier molecular flexibility index (Phi) is 3.66. The highest BCUT2D eigenvalue weighted by molar-refractivity contribution is 5.87. The maximum atomic E-state index is 10.7. The summed E-state index contributed by atoms with van der Waals surface area (Å²) in [6, 6.07) is 1.51. The van der Waals surface area contributed by atoms with Crippen LogP contribution in [0.5, 0.6) is 5.75 Å². The highest BCUT2D eigenvalue weighted by Crippen LogP contribution is 2.20. The van der Waals surface area contributed by atoms with E-state index in [1.807, 2.05) is 0 Å². The predicted octanol–water partition coefficient (Wildman–Crippen LogP) is 1.99. The highest BCUT2D eigenvalue weighted by atomic mass is 16.5. The van der Waals surface area contributed by atoms with Gasteiger partial charge in [0.25, 0.3) is 0 Å². The van der Waals surface area contributed by atoms with E-state index >= 15 is 0 Å². The zero-order valence-electron chi connectivity index (χ0n) is 9.15. The van der Waals surface area contributed by atoms with Gasteiger partial charge in [-0.3, -0.25) is 4.98 Å². The Morgan fingerprint density at radius 1 is 1.60 bits per heavy atom. The molecule has 0 aromatic carbocycles. The van der Waals surface area contributed by atoms with Gasteiger partial charge in [0.05, 0.1) is 18.4 Å². The molecule has 1 aromatic rings. The van der Waals surface area contributed by atoms with Gasteiger partial charge in [0.15, 0.2) is 0 Å². The third-order valence-corrected chi connectivity index (χ3v) is 2.00. The third kappa shape index (κ3) is 2.94. The maximum Gasteiger partial charge on any atom is 0.337 e. The summed E-state index contributed by atoms with van der Waals surface area (Å²) in [7, 11) is 1.52. The normalized spacial score (nSPS) is 10.4. The zero-order chi connectivity index (χ0) is 11.4. The lowest BCUT2D eigenvalue weighted by Gasteiger charge is -2.09. The third-order valence-electron chi connectivity index (χ3n) is 2.00. The topological polar surface area (TPSA) is 59.4 Å². The van der Waals surface area contributed by atoms with Crippen LogP contribution in [0.15, 0.2) is 12.3 Å². The Morgan fingerprint density at radius 2 is 2.27 bits per heavy atom. The molecule has 0 saturated carbocycles. The van der Waals surface area contributed by atoms with Crippen molar-refractivity contribution in [3.8, 4) is 5.75 Å². The molecular weight excluding hydrogens is 194 g/mol. The zero-order valence-corrected chi connectivity index (χ0v) is 9.15. The Bertz CT molecular complexity index is 361. The molecule has 15 heavy (non-hydrogen) atoms. The van der Waals surface area contributed by atoms with Crippen molar-refractivity contribution < 1.29 is 14.6 Å². The SMILES string of the molecule is COc1cc(C(=O)O)cnc1CC(C)C. The van der Waals surface area contributed by atoms with Gasteiger partial charge in [-0.1, -0.05) is 13.8 Å². The molecule has 0 aliphatic heterocycles. The Hall–Kier alpha value is -1.58. The number of ether oxygens (including phenoxy) is 1. The van der Waals surface area contributed by atoms with E-state index in [2.05, 4.69) is 18.8 Å². The molecular formula is C11H15NO3. The van der Waals surface area contributed by atoms with E-state index in [-0.39, 0.29) is 5.56 Å². The number of carbonyl (C=O) groups is 1. The van der Waals surface area contributed by atoms with Crippen LogP contribution in [0.3, 0.4) is 0 Å². The molecule has 0 bridgehead atoms. The van der Waals surface area contributed by atoms with Gasteiger partial charge in [0.2, 0.25) is 0 Å². The smallest absolute Gasteiger partial charge is 0.337 e. The molecule has 1 heterocycles. The Morgan fingerprint density at radius 3 is 2.73 bits per heavy atom. The highest BCUT2D eigenvalue weighted by Gasteiger charge is 2.11. The van der Waals surface area contributed by atoms with Crippen molar-refractivity contribution in [2.24, 2.45) is 5.92 Å². The number of carboxylic acids is 1. The Labute approximate surface area is 88.9 Å². The van der Waals surface area contributed by atoms with E-state index in [1.165, 1.54) is 19.4 Å². The fourth-order valence-corrected chi connectivity index (χ4v) is 1.31. The van der Waals surface area contributed by atoms with Crippen molar-refractivity contribution in [1.82, 2.24) is 4.98 Å². The van der Waals surface area contributed by atoms with Gasteiger partial charge in [-0.2, -0.15) is 0 Å². The molecule has 1 aromatic heterocycles. The van der Waals surface area contributed by atoms with Crippen LogP contribution in [0.1, 0.15) is 29.9 Å². The molecule has 0 amide bonds. The summed E-state index contributed by atoms with van der Waals surface area (Å²) in [5.74, 6) is 0.0163. The van der Waals surface area contributed by atoms with Crippen LogP contribution in [0.4, 0.5) is 0 Å². The van der Waals surface area contributed by atoms with Crippen LogP contribution >= 0.6 is 0 Å². The summed E-state index contributed by atoms with van der Waals surface area (Å²) in [5, 5.41) is 8.78. The summed E-state index contributed by atoms with van der Waals surface area (Å²) >= 11 is 0. The van der Waals surface area contributed by atoms with Crippen LogP contribution in [0.25, 0.3) is 0 Å².